The largest absolute Gasteiger partial charge is 0.313 e. The molecule has 90 valence electrons. The summed E-state index contributed by atoms with van der Waals surface area (Å²) in [6.45, 7) is 1.25. The third-order valence-electron chi connectivity index (χ3n) is 2.31. The van der Waals surface area contributed by atoms with E-state index >= 15 is 0 Å². The zero-order valence-corrected chi connectivity index (χ0v) is 11.3. The third kappa shape index (κ3) is 5.21. The van der Waals surface area contributed by atoms with Gasteiger partial charge in [-0.25, -0.2) is 8.78 Å². The van der Waals surface area contributed by atoms with Crippen LogP contribution in [0.5, 0.6) is 0 Å². The summed E-state index contributed by atoms with van der Waals surface area (Å²) in [5.74, 6) is -0.732. The number of benzene rings is 1. The summed E-state index contributed by atoms with van der Waals surface area (Å²) in [6.07, 6.45) is 3.48. The molecule has 0 radical (unpaired) electrons. The molecule has 0 saturated heterocycles. The monoisotopic (exact) mass is 339 g/mol. The molecule has 0 heterocycles. The first-order chi connectivity index (χ1) is 7.74. The van der Waals surface area contributed by atoms with Crippen LogP contribution in [0.3, 0.4) is 0 Å². The lowest BCUT2D eigenvalue weighted by atomic mass is 10.2. The molecule has 0 aliphatic rings. The number of nitrogens with one attached hydrogen (secondary N) is 1. The second-order valence-electron chi connectivity index (χ2n) is 3.66. The summed E-state index contributed by atoms with van der Waals surface area (Å²) in [7, 11) is 0. The van der Waals surface area contributed by atoms with E-state index in [0.29, 0.717) is 12.1 Å². The Kier molecular flexibility index (Phi) is 6.87. The fraction of sp³-hybridized carbons (Fsp3) is 0.500. The predicted molar refractivity (Wildman–Crippen MR) is 70.8 cm³/mol. The molecule has 1 N–H and O–H groups in total. The zero-order valence-electron chi connectivity index (χ0n) is 9.11. The highest BCUT2D eigenvalue weighted by atomic mass is 127. The van der Waals surface area contributed by atoms with Crippen LogP contribution in [-0.4, -0.2) is 11.0 Å². The molecule has 0 fully saturated rings. The molecular formula is C12H16F2IN. The van der Waals surface area contributed by atoms with Gasteiger partial charge in [0.15, 0.2) is 0 Å². The SMILES string of the molecule is Fc1ccc(F)c(CNCCCCCI)c1. The molecule has 16 heavy (non-hydrogen) atoms. The quantitative estimate of drug-likeness (QED) is 0.454. The number of alkyl halides is 1. The maximum Gasteiger partial charge on any atom is 0.127 e. The number of unbranched alkanes of at least 4 members (excludes halogenated alkanes) is 2. The molecule has 0 amide bonds. The van der Waals surface area contributed by atoms with Crippen molar-refractivity contribution in [2.45, 2.75) is 25.8 Å². The molecule has 1 nitrogen and oxygen atoms in total. The van der Waals surface area contributed by atoms with Crippen molar-refractivity contribution in [3.63, 3.8) is 0 Å². The molecule has 0 atom stereocenters. The van der Waals surface area contributed by atoms with E-state index < -0.39 is 0 Å². The van der Waals surface area contributed by atoms with Crippen LogP contribution < -0.4 is 5.32 Å². The van der Waals surface area contributed by atoms with Gasteiger partial charge in [-0.2, -0.15) is 0 Å². The molecule has 0 saturated carbocycles. The first-order valence-corrected chi connectivity index (χ1v) is 6.97. The topological polar surface area (TPSA) is 12.0 Å². The van der Waals surface area contributed by atoms with Crippen LogP contribution in [0.15, 0.2) is 18.2 Å². The van der Waals surface area contributed by atoms with Gasteiger partial charge in [-0.15, -0.1) is 0 Å². The summed E-state index contributed by atoms with van der Waals surface area (Å²) in [5.41, 5.74) is 0.397. The minimum atomic E-state index is -0.386. The fourth-order valence-corrected chi connectivity index (χ4v) is 1.96. The van der Waals surface area contributed by atoms with Crippen LogP contribution in [0.1, 0.15) is 24.8 Å². The Morgan fingerprint density at radius 1 is 1.12 bits per heavy atom. The third-order valence-corrected chi connectivity index (χ3v) is 3.07. The highest BCUT2D eigenvalue weighted by Crippen LogP contribution is 2.09. The summed E-state index contributed by atoms with van der Waals surface area (Å²) < 4.78 is 27.2. The van der Waals surface area contributed by atoms with Crippen molar-refractivity contribution in [2.75, 3.05) is 11.0 Å². The number of halogens is 3. The van der Waals surface area contributed by atoms with Crippen LogP contribution in [-0.2, 0) is 6.54 Å². The molecule has 0 aromatic heterocycles. The van der Waals surface area contributed by atoms with Crippen molar-refractivity contribution in [1.82, 2.24) is 5.32 Å². The van der Waals surface area contributed by atoms with Crippen molar-refractivity contribution in [3.05, 3.63) is 35.4 Å². The van der Waals surface area contributed by atoms with Gasteiger partial charge in [-0.1, -0.05) is 29.0 Å². The highest BCUT2D eigenvalue weighted by Gasteiger charge is 2.02. The lowest BCUT2D eigenvalue weighted by Gasteiger charge is -2.05. The van der Waals surface area contributed by atoms with Crippen molar-refractivity contribution in [1.29, 1.82) is 0 Å². The Balaban J connectivity index is 2.23. The summed E-state index contributed by atoms with van der Waals surface area (Å²) in [4.78, 5) is 0. The smallest absolute Gasteiger partial charge is 0.127 e. The van der Waals surface area contributed by atoms with E-state index in [1.165, 1.54) is 29.4 Å². The van der Waals surface area contributed by atoms with Crippen LogP contribution in [0.2, 0.25) is 0 Å². The Morgan fingerprint density at radius 2 is 1.94 bits per heavy atom. The van der Waals surface area contributed by atoms with Gasteiger partial charge >= 0.3 is 0 Å². The van der Waals surface area contributed by atoms with Gasteiger partial charge < -0.3 is 5.32 Å². The van der Waals surface area contributed by atoms with Gasteiger partial charge in [0, 0.05) is 12.1 Å². The number of hydrogen-bond acceptors (Lipinski definition) is 1. The van der Waals surface area contributed by atoms with E-state index in [4.69, 9.17) is 0 Å². The van der Waals surface area contributed by atoms with E-state index in [0.717, 1.165) is 19.0 Å². The minimum absolute atomic E-state index is 0.346. The summed E-state index contributed by atoms with van der Waals surface area (Å²) >= 11 is 2.35. The lowest BCUT2D eigenvalue weighted by molar-refractivity contribution is 0.560. The van der Waals surface area contributed by atoms with E-state index in [-0.39, 0.29) is 11.6 Å². The Labute approximate surface area is 109 Å². The predicted octanol–water partition coefficient (Wildman–Crippen LogP) is 3.66. The molecule has 1 rings (SSSR count). The van der Waals surface area contributed by atoms with Gasteiger partial charge in [-0.05, 0) is 42.0 Å². The van der Waals surface area contributed by atoms with Gasteiger partial charge in [0.2, 0.25) is 0 Å². The van der Waals surface area contributed by atoms with E-state index in [1.54, 1.807) is 0 Å². The molecule has 1 aromatic rings. The van der Waals surface area contributed by atoms with Crippen LogP contribution >= 0.6 is 22.6 Å². The molecule has 1 aromatic carbocycles. The van der Waals surface area contributed by atoms with Gasteiger partial charge in [0.05, 0.1) is 0 Å². The first-order valence-electron chi connectivity index (χ1n) is 5.44. The lowest BCUT2D eigenvalue weighted by Crippen LogP contribution is -2.15. The highest BCUT2D eigenvalue weighted by molar-refractivity contribution is 14.1. The average Bonchev–Trinajstić information content (AvgIpc) is 2.28. The van der Waals surface area contributed by atoms with Crippen molar-refractivity contribution >= 4 is 22.6 Å². The molecule has 0 bridgehead atoms. The second-order valence-corrected chi connectivity index (χ2v) is 4.74. The summed E-state index contributed by atoms with van der Waals surface area (Å²) in [6, 6.07) is 3.55. The van der Waals surface area contributed by atoms with Crippen LogP contribution in [0.4, 0.5) is 8.78 Å². The van der Waals surface area contributed by atoms with E-state index in [1.807, 2.05) is 0 Å². The van der Waals surface area contributed by atoms with Crippen LogP contribution in [0.25, 0.3) is 0 Å². The van der Waals surface area contributed by atoms with Gasteiger partial charge in [0.25, 0.3) is 0 Å². The zero-order chi connectivity index (χ0) is 11.8. The maximum absolute atomic E-state index is 13.2. The number of rotatable bonds is 7. The van der Waals surface area contributed by atoms with Gasteiger partial charge in [0.1, 0.15) is 11.6 Å². The maximum atomic E-state index is 13.2. The Hall–Kier alpha value is -0.230. The molecular weight excluding hydrogens is 323 g/mol. The normalized spacial score (nSPS) is 10.7. The second kappa shape index (κ2) is 7.95. The molecule has 4 heteroatoms. The minimum Gasteiger partial charge on any atom is -0.313 e. The summed E-state index contributed by atoms with van der Waals surface area (Å²) in [5, 5.41) is 3.12. The Morgan fingerprint density at radius 3 is 2.69 bits per heavy atom. The fourth-order valence-electron chi connectivity index (χ4n) is 1.42. The molecule has 0 spiro atoms. The van der Waals surface area contributed by atoms with Gasteiger partial charge in [-0.3, -0.25) is 0 Å². The van der Waals surface area contributed by atoms with Crippen molar-refractivity contribution in [2.24, 2.45) is 0 Å². The molecule has 0 aliphatic carbocycles. The van der Waals surface area contributed by atoms with E-state index in [9.17, 15) is 8.78 Å². The number of hydrogen-bond donors (Lipinski definition) is 1. The van der Waals surface area contributed by atoms with Crippen molar-refractivity contribution < 1.29 is 8.78 Å². The van der Waals surface area contributed by atoms with E-state index in [2.05, 4.69) is 27.9 Å². The van der Waals surface area contributed by atoms with Crippen molar-refractivity contribution in [3.8, 4) is 0 Å². The Bertz CT molecular complexity index is 318. The average molecular weight is 339 g/mol. The first kappa shape index (κ1) is 13.8. The molecule has 0 aliphatic heterocycles. The molecule has 0 unspecified atom stereocenters. The van der Waals surface area contributed by atoms with Crippen LogP contribution in [0, 0.1) is 11.6 Å². The standard InChI is InChI=1S/C12H16F2IN/c13-11-4-5-12(14)10(8-11)9-16-7-3-1-2-6-15/h4-5,8,16H,1-3,6-7,9H2.